The van der Waals surface area contributed by atoms with Crippen LogP contribution in [-0.4, -0.2) is 5.11 Å². The fourth-order valence-electron chi connectivity index (χ4n) is 4.15. The Bertz CT molecular complexity index is 1190. The lowest BCUT2D eigenvalue weighted by Crippen LogP contribution is -2.05. The molecule has 1 heterocycles. The molecule has 0 spiro atoms. The van der Waals surface area contributed by atoms with Crippen LogP contribution in [0.15, 0.2) is 95.4 Å². The number of benzene rings is 3. The number of hydrogen-bond acceptors (Lipinski definition) is 1. The SMILES string of the molecule is Oc1ccc(C=C2CCCc3c(-c4ccccc4)cc(-c4ccccc4)[o+]c32)cc1. The number of allylic oxidation sites excluding steroid dienone is 1. The highest BCUT2D eigenvalue weighted by Gasteiger charge is 2.31. The summed E-state index contributed by atoms with van der Waals surface area (Å²) in [5.41, 5.74) is 7.08. The van der Waals surface area contributed by atoms with Gasteiger partial charge in [0.25, 0.3) is 0 Å². The minimum Gasteiger partial charge on any atom is -0.508 e. The number of fused-ring (bicyclic) bond motifs is 1. The Morgan fingerprint density at radius 3 is 2.10 bits per heavy atom. The van der Waals surface area contributed by atoms with E-state index in [2.05, 4.69) is 54.6 Å². The van der Waals surface area contributed by atoms with E-state index in [9.17, 15) is 5.11 Å². The second-order valence-electron chi connectivity index (χ2n) is 7.68. The van der Waals surface area contributed by atoms with Crippen LogP contribution >= 0.6 is 0 Å². The maximum Gasteiger partial charge on any atom is 0.361 e. The number of phenols is 1. The molecular weight excluding hydrogens is 368 g/mol. The number of aromatic hydroxyl groups is 1. The lowest BCUT2D eigenvalue weighted by Gasteiger charge is -2.15. The van der Waals surface area contributed by atoms with E-state index < -0.39 is 0 Å². The van der Waals surface area contributed by atoms with Gasteiger partial charge in [0.05, 0.1) is 22.8 Å². The van der Waals surface area contributed by atoms with E-state index in [0.29, 0.717) is 0 Å². The second kappa shape index (κ2) is 8.00. The molecule has 2 heteroatoms. The highest BCUT2D eigenvalue weighted by Crippen LogP contribution is 2.41. The van der Waals surface area contributed by atoms with Gasteiger partial charge in [-0.15, -0.1) is 0 Å². The first-order valence-electron chi connectivity index (χ1n) is 10.4. The molecule has 146 valence electrons. The lowest BCUT2D eigenvalue weighted by atomic mass is 9.86. The molecule has 0 aliphatic heterocycles. The molecule has 2 nitrogen and oxygen atoms in total. The second-order valence-corrected chi connectivity index (χ2v) is 7.68. The third kappa shape index (κ3) is 3.65. The quantitative estimate of drug-likeness (QED) is 0.367. The molecule has 3 aromatic carbocycles. The van der Waals surface area contributed by atoms with Crippen molar-refractivity contribution < 1.29 is 9.52 Å². The van der Waals surface area contributed by atoms with Crippen molar-refractivity contribution in [1.82, 2.24) is 0 Å². The monoisotopic (exact) mass is 391 g/mol. The average Bonchev–Trinajstić information content (AvgIpc) is 2.81. The van der Waals surface area contributed by atoms with Crippen LogP contribution in [0.3, 0.4) is 0 Å². The van der Waals surface area contributed by atoms with E-state index in [4.69, 9.17) is 4.42 Å². The van der Waals surface area contributed by atoms with Crippen molar-refractivity contribution >= 4 is 11.6 Å². The fourth-order valence-corrected chi connectivity index (χ4v) is 4.15. The van der Waals surface area contributed by atoms with Crippen molar-refractivity contribution in [3.05, 3.63) is 108 Å². The Labute approximate surface area is 176 Å². The average molecular weight is 391 g/mol. The van der Waals surface area contributed by atoms with Gasteiger partial charge in [-0.05, 0) is 60.7 Å². The van der Waals surface area contributed by atoms with Crippen LogP contribution in [0.1, 0.15) is 29.7 Å². The Morgan fingerprint density at radius 1 is 0.733 bits per heavy atom. The zero-order chi connectivity index (χ0) is 20.3. The van der Waals surface area contributed by atoms with Crippen LogP contribution in [0.25, 0.3) is 34.1 Å². The van der Waals surface area contributed by atoms with Gasteiger partial charge in [-0.1, -0.05) is 60.7 Å². The van der Waals surface area contributed by atoms with Crippen molar-refractivity contribution in [1.29, 1.82) is 0 Å². The standard InChI is InChI=1S/C28H22O2/c29-24-16-14-20(15-17-24)18-23-12-7-13-25-26(21-8-3-1-4-9-21)19-27(30-28(23)25)22-10-5-2-6-11-22/h1-6,8-11,14-19H,7,12-13H2/p+1. The van der Waals surface area contributed by atoms with Crippen LogP contribution in [-0.2, 0) is 6.42 Å². The molecule has 1 aliphatic rings. The summed E-state index contributed by atoms with van der Waals surface area (Å²) in [6.07, 6.45) is 5.26. The minimum absolute atomic E-state index is 0.281. The maximum atomic E-state index is 9.61. The third-order valence-electron chi connectivity index (χ3n) is 5.63. The summed E-state index contributed by atoms with van der Waals surface area (Å²) in [5, 5.41) is 9.61. The Hall–Kier alpha value is -3.65. The molecule has 0 saturated heterocycles. The van der Waals surface area contributed by atoms with Gasteiger partial charge >= 0.3 is 11.5 Å². The first kappa shape index (κ1) is 18.4. The summed E-state index contributed by atoms with van der Waals surface area (Å²) in [6, 6.07) is 30.4. The number of phenolic OH excluding ortho intramolecular Hbond substituents is 1. The summed E-state index contributed by atoms with van der Waals surface area (Å²) in [6.45, 7) is 0. The molecule has 0 amide bonds. The Morgan fingerprint density at radius 2 is 1.40 bits per heavy atom. The van der Waals surface area contributed by atoms with Crippen molar-refractivity contribution in [2.24, 2.45) is 0 Å². The molecular formula is C28H23O2+. The topological polar surface area (TPSA) is 31.5 Å². The van der Waals surface area contributed by atoms with Crippen LogP contribution in [0.2, 0.25) is 0 Å². The first-order valence-corrected chi connectivity index (χ1v) is 10.4. The third-order valence-corrected chi connectivity index (χ3v) is 5.63. The largest absolute Gasteiger partial charge is 0.508 e. The molecule has 1 aromatic heterocycles. The molecule has 0 radical (unpaired) electrons. The van der Waals surface area contributed by atoms with E-state index in [-0.39, 0.29) is 5.75 Å². The molecule has 0 atom stereocenters. The molecule has 0 fully saturated rings. The lowest BCUT2D eigenvalue weighted by molar-refractivity contribution is 0.475. The van der Waals surface area contributed by atoms with E-state index in [0.717, 1.165) is 41.9 Å². The Balaban J connectivity index is 1.71. The summed E-state index contributed by atoms with van der Waals surface area (Å²) in [5.74, 6) is 2.14. The first-order chi connectivity index (χ1) is 14.8. The van der Waals surface area contributed by atoms with Gasteiger partial charge in [0, 0.05) is 5.56 Å². The van der Waals surface area contributed by atoms with Crippen LogP contribution in [0.5, 0.6) is 5.75 Å². The highest BCUT2D eigenvalue weighted by molar-refractivity contribution is 5.86. The zero-order valence-electron chi connectivity index (χ0n) is 16.7. The van der Waals surface area contributed by atoms with E-state index in [1.807, 2.05) is 30.3 Å². The summed E-state index contributed by atoms with van der Waals surface area (Å²) >= 11 is 0. The van der Waals surface area contributed by atoms with Crippen LogP contribution in [0.4, 0.5) is 0 Å². The van der Waals surface area contributed by atoms with Gasteiger partial charge in [-0.2, -0.15) is 0 Å². The zero-order valence-corrected chi connectivity index (χ0v) is 16.7. The van der Waals surface area contributed by atoms with Gasteiger partial charge in [-0.3, -0.25) is 0 Å². The predicted molar refractivity (Wildman–Crippen MR) is 123 cm³/mol. The minimum atomic E-state index is 0.281. The van der Waals surface area contributed by atoms with Crippen molar-refractivity contribution in [2.75, 3.05) is 0 Å². The summed E-state index contributed by atoms with van der Waals surface area (Å²) in [4.78, 5) is 0. The van der Waals surface area contributed by atoms with E-state index in [1.165, 1.54) is 22.3 Å². The molecule has 0 saturated carbocycles. The van der Waals surface area contributed by atoms with Gasteiger partial charge in [-0.25, -0.2) is 4.42 Å². The van der Waals surface area contributed by atoms with Gasteiger partial charge < -0.3 is 5.11 Å². The molecule has 1 aliphatic carbocycles. The molecule has 5 rings (SSSR count). The van der Waals surface area contributed by atoms with E-state index in [1.54, 1.807) is 12.1 Å². The Kier molecular flexibility index (Phi) is 4.90. The van der Waals surface area contributed by atoms with Crippen molar-refractivity contribution in [3.63, 3.8) is 0 Å². The highest BCUT2D eigenvalue weighted by atomic mass is 16.3. The van der Waals surface area contributed by atoms with Crippen molar-refractivity contribution in [2.45, 2.75) is 19.3 Å². The molecule has 1 N–H and O–H groups in total. The fraction of sp³-hybridized carbons (Fsp3) is 0.107. The summed E-state index contributed by atoms with van der Waals surface area (Å²) < 4.78 is 6.54. The number of rotatable bonds is 3. The van der Waals surface area contributed by atoms with Crippen molar-refractivity contribution in [3.8, 4) is 28.2 Å². The van der Waals surface area contributed by atoms with Gasteiger partial charge in [0.15, 0.2) is 0 Å². The van der Waals surface area contributed by atoms with Crippen LogP contribution < -0.4 is 0 Å². The number of hydrogen-bond donors (Lipinski definition) is 1. The van der Waals surface area contributed by atoms with Crippen LogP contribution in [0, 0.1) is 0 Å². The molecule has 0 bridgehead atoms. The van der Waals surface area contributed by atoms with E-state index >= 15 is 0 Å². The van der Waals surface area contributed by atoms with Gasteiger partial charge in [0.1, 0.15) is 5.75 Å². The molecule has 4 aromatic rings. The molecule has 0 unspecified atom stereocenters. The smallest absolute Gasteiger partial charge is 0.361 e. The summed E-state index contributed by atoms with van der Waals surface area (Å²) in [7, 11) is 0. The normalized spacial score (nSPS) is 14.5. The predicted octanol–water partition coefficient (Wildman–Crippen LogP) is 7.48. The molecule has 30 heavy (non-hydrogen) atoms. The van der Waals surface area contributed by atoms with Gasteiger partial charge in [0.2, 0.25) is 0 Å². The maximum absolute atomic E-state index is 9.61.